The van der Waals surface area contributed by atoms with Gasteiger partial charge in [-0.05, 0) is 121 Å². The maximum Gasteiger partial charge on any atom is 0.310 e. The second kappa shape index (κ2) is 14.6. The van der Waals surface area contributed by atoms with Crippen LogP contribution in [0.2, 0.25) is 0 Å². The lowest BCUT2D eigenvalue weighted by Crippen LogP contribution is -2.77. The van der Waals surface area contributed by atoms with E-state index < -0.39 is 64.9 Å². The van der Waals surface area contributed by atoms with E-state index in [1.165, 1.54) is 5.57 Å². The fourth-order valence-electron chi connectivity index (χ4n) is 16.6. The van der Waals surface area contributed by atoms with Gasteiger partial charge in [-0.25, -0.2) is 4.98 Å². The van der Waals surface area contributed by atoms with Crippen LogP contribution in [-0.2, 0) is 25.5 Å². The molecular formula is C46H69N3O11. The van der Waals surface area contributed by atoms with E-state index in [9.17, 15) is 45.3 Å². The van der Waals surface area contributed by atoms with Crippen LogP contribution in [0.15, 0.2) is 24.2 Å². The molecule has 1 spiro atoms. The third-order valence-electron chi connectivity index (χ3n) is 19.9. The summed E-state index contributed by atoms with van der Waals surface area (Å²) < 4.78 is 12.4. The molecule has 0 radical (unpaired) electrons. The van der Waals surface area contributed by atoms with E-state index in [2.05, 4.69) is 42.1 Å². The summed E-state index contributed by atoms with van der Waals surface area (Å²) in [4.78, 5) is 34.1. The largest absolute Gasteiger partial charge is 0.481 e. The molecule has 14 nitrogen and oxygen atoms in total. The number of carbonyl (C=O) groups is 2. The van der Waals surface area contributed by atoms with Crippen LogP contribution in [0.1, 0.15) is 117 Å². The molecule has 3 heterocycles. The standard InChI is InChI=1S/C46H69N3O11/c1-40(22-50)12-13-44(39(57)58)14-15-45-8-5-9-46(11-6-27(45)29(44)19-40)42(45,3)10-7-32-41(2,23-51)37(60-38-36(56)35(55)31(52)21-59-38)34(54)28(43(32,46)4)16-25-17-33(53)49-30(25)18-26-20-47-24-48-26/h6,20,24-25,28-32,34-38,50-52,54-56H,5,7-19,21-23H2,1-4H3,(H,47,48)(H,49,53)(H,57,58). The van der Waals surface area contributed by atoms with Crippen LogP contribution in [0, 0.1) is 61.6 Å². The van der Waals surface area contributed by atoms with Gasteiger partial charge in [0.2, 0.25) is 5.91 Å². The summed E-state index contributed by atoms with van der Waals surface area (Å²) in [5, 5.41) is 81.9. The lowest BCUT2D eigenvalue weighted by molar-refractivity contribution is -0.358. The van der Waals surface area contributed by atoms with Crippen molar-refractivity contribution in [1.29, 1.82) is 0 Å². The van der Waals surface area contributed by atoms with Gasteiger partial charge in [0.1, 0.15) is 18.3 Å². The summed E-state index contributed by atoms with van der Waals surface area (Å²) in [6.45, 7) is 8.33. The minimum absolute atomic E-state index is 0.0192. The summed E-state index contributed by atoms with van der Waals surface area (Å²) >= 11 is 0. The first-order valence-electron chi connectivity index (χ1n) is 22.8. The Bertz CT molecular complexity index is 1860. The van der Waals surface area contributed by atoms with Crippen molar-refractivity contribution in [2.45, 2.75) is 160 Å². The highest BCUT2D eigenvalue weighted by Crippen LogP contribution is 2.85. The van der Waals surface area contributed by atoms with E-state index in [-0.39, 0.29) is 71.2 Å². The SMILES string of the molecule is CC1(CO)CCC2(C(=O)O)CCC34CCCC5(CC=C3C2C1)C1(C)C(CC2CC(=O)NC2Cc2cnc[nH]2)C(O)C(OC2OCC(O)C(O)C2O)C(C)(CO)C1CCC45C. The van der Waals surface area contributed by atoms with E-state index in [4.69, 9.17) is 9.47 Å². The van der Waals surface area contributed by atoms with Crippen LogP contribution in [-0.4, -0.2) is 120 Å². The van der Waals surface area contributed by atoms with Gasteiger partial charge in [0, 0.05) is 42.8 Å². The lowest BCUT2D eigenvalue weighted by Gasteiger charge is -2.80. The average Bonchev–Trinajstić information content (AvgIpc) is 3.86. The van der Waals surface area contributed by atoms with E-state index in [1.807, 2.05) is 6.92 Å². The number of nitrogens with zero attached hydrogens (tertiary/aromatic N) is 1. The lowest BCUT2D eigenvalue weighted by atomic mass is 9.24. The van der Waals surface area contributed by atoms with Crippen molar-refractivity contribution in [3.8, 4) is 0 Å². The number of aromatic amines is 1. The van der Waals surface area contributed by atoms with Crippen molar-refractivity contribution >= 4 is 11.9 Å². The number of amides is 1. The molecule has 1 aromatic heterocycles. The van der Waals surface area contributed by atoms with Crippen molar-refractivity contribution in [3.63, 3.8) is 0 Å². The molecule has 6 aliphatic carbocycles. The van der Waals surface area contributed by atoms with Crippen LogP contribution < -0.4 is 5.32 Å². The molecule has 2 aliphatic heterocycles. The van der Waals surface area contributed by atoms with Gasteiger partial charge in [0.25, 0.3) is 0 Å². The number of hydrogen-bond acceptors (Lipinski definition) is 11. The number of aliphatic hydroxyl groups is 6. The molecule has 18 unspecified atom stereocenters. The quantitative estimate of drug-likeness (QED) is 0.129. The van der Waals surface area contributed by atoms with Gasteiger partial charge in [0.05, 0.1) is 37.2 Å². The Morgan fingerprint density at radius 2 is 1.73 bits per heavy atom. The van der Waals surface area contributed by atoms with Crippen molar-refractivity contribution < 1.29 is 54.8 Å². The molecule has 334 valence electrons. The normalized spacial score (nSPS) is 52.3. The first-order valence-corrected chi connectivity index (χ1v) is 22.8. The van der Waals surface area contributed by atoms with Crippen molar-refractivity contribution in [1.82, 2.24) is 15.3 Å². The fourth-order valence-corrected chi connectivity index (χ4v) is 16.6. The Kier molecular flexibility index (Phi) is 10.4. The summed E-state index contributed by atoms with van der Waals surface area (Å²) in [7, 11) is 0. The molecule has 2 saturated heterocycles. The Labute approximate surface area is 352 Å². The zero-order valence-electron chi connectivity index (χ0n) is 35.8. The molecule has 14 heteroatoms. The summed E-state index contributed by atoms with van der Waals surface area (Å²) in [5.74, 6) is -1.73. The second-order valence-electron chi connectivity index (χ2n) is 22.0. The molecule has 18 atom stereocenters. The monoisotopic (exact) mass is 839 g/mol. The molecular weight excluding hydrogens is 771 g/mol. The molecule has 8 aliphatic rings. The second-order valence-corrected chi connectivity index (χ2v) is 22.0. The number of aliphatic carboxylic acids is 1. The predicted octanol–water partition coefficient (Wildman–Crippen LogP) is 3.23. The van der Waals surface area contributed by atoms with Crippen LogP contribution in [0.4, 0.5) is 0 Å². The van der Waals surface area contributed by atoms with E-state index >= 15 is 0 Å². The number of carboxylic acid groups (broad SMARTS) is 1. The number of nitrogens with one attached hydrogen (secondary N) is 2. The van der Waals surface area contributed by atoms with Gasteiger partial charge >= 0.3 is 5.97 Å². The first-order chi connectivity index (χ1) is 28.4. The molecule has 1 amide bonds. The average molecular weight is 840 g/mol. The minimum Gasteiger partial charge on any atom is -0.481 e. The number of rotatable bonds is 9. The van der Waals surface area contributed by atoms with Gasteiger partial charge in [-0.15, -0.1) is 0 Å². The maximum atomic E-state index is 13.4. The number of aliphatic hydroxyl groups excluding tert-OH is 6. The van der Waals surface area contributed by atoms with Gasteiger partial charge < -0.3 is 55.5 Å². The molecule has 7 fully saturated rings. The number of hydrogen-bond donors (Lipinski definition) is 9. The predicted molar refractivity (Wildman–Crippen MR) is 216 cm³/mol. The van der Waals surface area contributed by atoms with Crippen molar-refractivity contribution in [3.05, 3.63) is 29.9 Å². The zero-order chi connectivity index (χ0) is 42.8. The van der Waals surface area contributed by atoms with Crippen LogP contribution in [0.25, 0.3) is 0 Å². The van der Waals surface area contributed by atoms with Crippen molar-refractivity contribution in [2.75, 3.05) is 19.8 Å². The van der Waals surface area contributed by atoms with Crippen LogP contribution >= 0.6 is 0 Å². The summed E-state index contributed by atoms with van der Waals surface area (Å²) in [6.07, 6.45) is 7.41. The number of carbonyl (C=O) groups excluding carboxylic acids is 1. The highest BCUT2D eigenvalue weighted by Gasteiger charge is 2.80. The molecule has 2 bridgehead atoms. The minimum atomic E-state index is -1.59. The van der Waals surface area contributed by atoms with E-state index in [0.717, 1.165) is 37.8 Å². The third kappa shape index (κ3) is 5.62. The van der Waals surface area contributed by atoms with Gasteiger partial charge in [-0.3, -0.25) is 9.59 Å². The van der Waals surface area contributed by atoms with E-state index in [0.29, 0.717) is 57.8 Å². The van der Waals surface area contributed by atoms with Crippen LogP contribution in [0.5, 0.6) is 0 Å². The van der Waals surface area contributed by atoms with Crippen molar-refractivity contribution in [2.24, 2.45) is 61.6 Å². The first kappa shape index (κ1) is 42.9. The Morgan fingerprint density at radius 1 is 0.967 bits per heavy atom. The number of imidazole rings is 1. The highest BCUT2D eigenvalue weighted by molar-refractivity contribution is 5.79. The topological polar surface area (TPSA) is 235 Å². The third-order valence-corrected chi connectivity index (χ3v) is 19.9. The Balaban J connectivity index is 1.18. The smallest absolute Gasteiger partial charge is 0.310 e. The highest BCUT2D eigenvalue weighted by atomic mass is 16.7. The molecule has 0 aromatic carbocycles. The molecule has 9 N–H and O–H groups in total. The fraction of sp³-hybridized carbons (Fsp3) is 0.848. The number of aromatic nitrogens is 2. The number of fused-ring (bicyclic) bond motifs is 3. The summed E-state index contributed by atoms with van der Waals surface area (Å²) in [5.41, 5.74) is -1.66. The van der Waals surface area contributed by atoms with Gasteiger partial charge in [-0.1, -0.05) is 45.8 Å². The summed E-state index contributed by atoms with van der Waals surface area (Å²) in [6, 6.07) is -0.212. The zero-order valence-corrected chi connectivity index (χ0v) is 35.8. The maximum absolute atomic E-state index is 13.4. The van der Waals surface area contributed by atoms with Crippen LogP contribution in [0.3, 0.4) is 0 Å². The molecule has 60 heavy (non-hydrogen) atoms. The Hall–Kier alpha value is -2.43. The number of ether oxygens (including phenoxy) is 2. The molecule has 5 saturated carbocycles. The number of H-pyrrole nitrogens is 1. The molecule has 1 aromatic rings. The number of allylic oxidation sites excluding steroid dienone is 2. The Morgan fingerprint density at radius 3 is 2.43 bits per heavy atom. The van der Waals surface area contributed by atoms with E-state index in [1.54, 1.807) is 12.5 Å². The van der Waals surface area contributed by atoms with Gasteiger partial charge in [-0.2, -0.15) is 0 Å². The molecule has 9 rings (SSSR count). The van der Waals surface area contributed by atoms with Gasteiger partial charge in [0.15, 0.2) is 6.29 Å². The number of carboxylic acids is 1.